The summed E-state index contributed by atoms with van der Waals surface area (Å²) in [6, 6.07) is 10.1. The van der Waals surface area contributed by atoms with Crippen molar-refractivity contribution in [2.24, 2.45) is 5.92 Å². The molecule has 0 amide bonds. The van der Waals surface area contributed by atoms with Gasteiger partial charge >= 0.3 is 7.12 Å². The Morgan fingerprint density at radius 2 is 1.92 bits per heavy atom. The molecule has 1 aliphatic heterocycles. The fourth-order valence-corrected chi connectivity index (χ4v) is 2.66. The Morgan fingerprint density at radius 1 is 1.12 bits per heavy atom. The maximum absolute atomic E-state index is 14.3. The molecule has 1 aliphatic rings. The summed E-state index contributed by atoms with van der Waals surface area (Å²) >= 11 is 0. The van der Waals surface area contributed by atoms with Crippen LogP contribution >= 0.6 is 0 Å². The Labute approximate surface area is 140 Å². The molecule has 1 fully saturated rings. The van der Waals surface area contributed by atoms with Crippen LogP contribution in [0.2, 0.25) is 0 Å². The first kappa shape index (κ1) is 16.6. The van der Waals surface area contributed by atoms with E-state index in [1.165, 1.54) is 18.2 Å². The molecule has 0 radical (unpaired) electrons. The molecule has 122 valence electrons. The summed E-state index contributed by atoms with van der Waals surface area (Å²) in [4.78, 5) is 0. The van der Waals surface area contributed by atoms with Crippen LogP contribution in [0.4, 0.5) is 8.78 Å². The van der Waals surface area contributed by atoms with E-state index in [1.807, 2.05) is 19.9 Å². The molecule has 6 heteroatoms. The summed E-state index contributed by atoms with van der Waals surface area (Å²) in [5.74, 6) is -0.740. The molecule has 1 heterocycles. The van der Waals surface area contributed by atoms with Crippen molar-refractivity contribution >= 4 is 12.6 Å². The summed E-state index contributed by atoms with van der Waals surface area (Å²) in [5, 5.41) is 9.19. The SMILES string of the molecule is CC1COB(c2ccc(F)c(-c3ccc(F)cc3C#N)c2)OC1C. The largest absolute Gasteiger partial charge is 0.494 e. The fraction of sp³-hybridized carbons (Fsp3) is 0.278. The highest BCUT2D eigenvalue weighted by Gasteiger charge is 2.32. The van der Waals surface area contributed by atoms with Crippen molar-refractivity contribution in [1.82, 2.24) is 0 Å². The Morgan fingerprint density at radius 3 is 2.62 bits per heavy atom. The van der Waals surface area contributed by atoms with Gasteiger partial charge in [-0.05, 0) is 30.6 Å². The number of hydrogen-bond donors (Lipinski definition) is 0. The van der Waals surface area contributed by atoms with Gasteiger partial charge in [0.1, 0.15) is 11.6 Å². The highest BCUT2D eigenvalue weighted by Crippen LogP contribution is 2.27. The van der Waals surface area contributed by atoms with E-state index in [1.54, 1.807) is 12.1 Å². The van der Waals surface area contributed by atoms with Crippen LogP contribution in [-0.2, 0) is 9.31 Å². The second kappa shape index (κ2) is 6.72. The Bertz CT molecular complexity index is 806. The molecule has 0 aromatic heterocycles. The highest BCUT2D eigenvalue weighted by molar-refractivity contribution is 6.61. The van der Waals surface area contributed by atoms with Gasteiger partial charge in [-0.2, -0.15) is 5.26 Å². The van der Waals surface area contributed by atoms with Crippen LogP contribution < -0.4 is 5.46 Å². The van der Waals surface area contributed by atoms with Gasteiger partial charge in [-0.1, -0.05) is 25.1 Å². The molecular weight excluding hydrogens is 311 g/mol. The van der Waals surface area contributed by atoms with E-state index < -0.39 is 18.8 Å². The number of hydrogen-bond acceptors (Lipinski definition) is 3. The van der Waals surface area contributed by atoms with E-state index in [9.17, 15) is 14.0 Å². The quantitative estimate of drug-likeness (QED) is 0.795. The first-order chi connectivity index (χ1) is 11.5. The van der Waals surface area contributed by atoms with Gasteiger partial charge in [-0.15, -0.1) is 0 Å². The Balaban J connectivity index is 2.00. The van der Waals surface area contributed by atoms with Crippen molar-refractivity contribution in [1.29, 1.82) is 5.26 Å². The Kier molecular flexibility index (Phi) is 4.65. The molecule has 3 nitrogen and oxygen atoms in total. The van der Waals surface area contributed by atoms with Crippen molar-refractivity contribution in [2.45, 2.75) is 20.0 Å². The summed E-state index contributed by atoms with van der Waals surface area (Å²) < 4.78 is 39.1. The van der Waals surface area contributed by atoms with Crippen molar-refractivity contribution in [2.75, 3.05) is 6.61 Å². The molecule has 3 rings (SSSR count). The third-order valence-electron chi connectivity index (χ3n) is 4.30. The smallest absolute Gasteiger partial charge is 0.407 e. The average Bonchev–Trinajstić information content (AvgIpc) is 2.58. The summed E-state index contributed by atoms with van der Waals surface area (Å²) in [6.07, 6.45) is 0.0257. The molecule has 1 saturated heterocycles. The second-order valence-electron chi connectivity index (χ2n) is 6.02. The molecule has 0 N–H and O–H groups in total. The molecule has 2 atom stereocenters. The number of rotatable bonds is 2. The normalized spacial score (nSPS) is 20.7. The van der Waals surface area contributed by atoms with Crippen LogP contribution in [0, 0.1) is 28.9 Å². The molecule has 0 saturated carbocycles. The van der Waals surface area contributed by atoms with Crippen molar-refractivity contribution in [3.8, 4) is 17.2 Å². The molecule has 0 spiro atoms. The van der Waals surface area contributed by atoms with E-state index in [0.29, 0.717) is 17.6 Å². The van der Waals surface area contributed by atoms with Crippen molar-refractivity contribution in [3.05, 3.63) is 53.6 Å². The van der Waals surface area contributed by atoms with Crippen LogP contribution in [-0.4, -0.2) is 19.8 Å². The third-order valence-corrected chi connectivity index (χ3v) is 4.30. The van der Waals surface area contributed by atoms with Crippen LogP contribution in [0.3, 0.4) is 0 Å². The summed E-state index contributed by atoms with van der Waals surface area (Å²) in [6.45, 7) is 4.56. The van der Waals surface area contributed by atoms with Crippen LogP contribution in [0.5, 0.6) is 0 Å². The summed E-state index contributed by atoms with van der Waals surface area (Å²) in [5.41, 5.74) is 1.31. The van der Waals surface area contributed by atoms with Crippen LogP contribution in [0.1, 0.15) is 19.4 Å². The minimum atomic E-state index is -0.582. The molecule has 0 bridgehead atoms. The van der Waals surface area contributed by atoms with Gasteiger partial charge in [0.15, 0.2) is 0 Å². The third kappa shape index (κ3) is 3.19. The zero-order chi connectivity index (χ0) is 17.3. The maximum Gasteiger partial charge on any atom is 0.494 e. The zero-order valence-electron chi connectivity index (χ0n) is 13.4. The monoisotopic (exact) mass is 327 g/mol. The number of nitriles is 1. The van der Waals surface area contributed by atoms with Gasteiger partial charge in [-0.3, -0.25) is 0 Å². The molecule has 2 unspecified atom stereocenters. The van der Waals surface area contributed by atoms with Crippen LogP contribution in [0.15, 0.2) is 36.4 Å². The van der Waals surface area contributed by atoms with Gasteiger partial charge in [0.2, 0.25) is 0 Å². The molecule has 2 aromatic rings. The predicted molar refractivity (Wildman–Crippen MR) is 87.6 cm³/mol. The lowest BCUT2D eigenvalue weighted by Crippen LogP contribution is -2.47. The maximum atomic E-state index is 14.3. The first-order valence-electron chi connectivity index (χ1n) is 7.76. The fourth-order valence-electron chi connectivity index (χ4n) is 2.66. The van der Waals surface area contributed by atoms with E-state index >= 15 is 0 Å². The number of nitrogens with zero attached hydrogens (tertiary/aromatic N) is 1. The minimum absolute atomic E-state index is 0.0257. The highest BCUT2D eigenvalue weighted by atomic mass is 19.1. The van der Waals surface area contributed by atoms with Crippen molar-refractivity contribution < 1.29 is 18.1 Å². The van der Waals surface area contributed by atoms with Gasteiger partial charge in [0.25, 0.3) is 0 Å². The van der Waals surface area contributed by atoms with E-state index in [2.05, 4.69) is 0 Å². The molecule has 2 aromatic carbocycles. The molecular formula is C18H16BF2NO2. The van der Waals surface area contributed by atoms with E-state index in [-0.39, 0.29) is 23.1 Å². The number of halogens is 2. The van der Waals surface area contributed by atoms with E-state index in [4.69, 9.17) is 9.31 Å². The average molecular weight is 327 g/mol. The van der Waals surface area contributed by atoms with Crippen molar-refractivity contribution in [3.63, 3.8) is 0 Å². The van der Waals surface area contributed by atoms with Gasteiger partial charge in [-0.25, -0.2) is 8.78 Å². The summed E-state index contributed by atoms with van der Waals surface area (Å²) in [7, 11) is -0.582. The van der Waals surface area contributed by atoms with Gasteiger partial charge in [0.05, 0.1) is 11.6 Å². The Hall–Kier alpha value is -2.23. The lowest BCUT2D eigenvalue weighted by atomic mass is 9.75. The molecule has 24 heavy (non-hydrogen) atoms. The standard InChI is InChI=1S/C18H16BF2NO2/c1-11-10-23-19(24-12(11)2)14-3-6-18(21)17(8-14)16-5-4-15(20)7-13(16)9-22/h3-8,11-12H,10H2,1-2H3. The lowest BCUT2D eigenvalue weighted by molar-refractivity contribution is 0.0376. The minimum Gasteiger partial charge on any atom is -0.407 e. The van der Waals surface area contributed by atoms with E-state index in [0.717, 1.165) is 6.07 Å². The topological polar surface area (TPSA) is 42.2 Å². The second-order valence-corrected chi connectivity index (χ2v) is 6.02. The van der Waals surface area contributed by atoms with Crippen LogP contribution in [0.25, 0.3) is 11.1 Å². The lowest BCUT2D eigenvalue weighted by Gasteiger charge is -2.31. The number of benzene rings is 2. The zero-order valence-corrected chi connectivity index (χ0v) is 13.4. The van der Waals surface area contributed by atoms with Gasteiger partial charge in [0, 0.05) is 29.8 Å². The first-order valence-corrected chi connectivity index (χ1v) is 7.76. The predicted octanol–water partition coefficient (Wildman–Crippen LogP) is 3.27. The molecule has 0 aliphatic carbocycles. The van der Waals surface area contributed by atoms with Gasteiger partial charge < -0.3 is 9.31 Å².